The molecule has 5 nitrogen and oxygen atoms in total. The highest BCUT2D eigenvalue weighted by atomic mass is 16.5. The average Bonchev–Trinajstić information content (AvgIpc) is 2.80. The van der Waals surface area contributed by atoms with Crippen LogP contribution >= 0.6 is 0 Å². The zero-order chi connectivity index (χ0) is 12.8. The van der Waals surface area contributed by atoms with E-state index in [1.54, 1.807) is 4.90 Å². The fraction of sp³-hybridized carbons (Fsp3) is 0.846. The third-order valence-corrected chi connectivity index (χ3v) is 3.56. The number of carbonyl (C=O) groups excluding carboxylic acids is 2. The summed E-state index contributed by atoms with van der Waals surface area (Å²) in [5.41, 5.74) is 0. The fourth-order valence-electron chi connectivity index (χ4n) is 2.47. The predicted molar refractivity (Wildman–Crippen MR) is 67.0 cm³/mol. The minimum Gasteiger partial charge on any atom is -0.376 e. The van der Waals surface area contributed by atoms with Gasteiger partial charge >= 0.3 is 0 Å². The zero-order valence-corrected chi connectivity index (χ0v) is 10.8. The highest BCUT2D eigenvalue weighted by molar-refractivity contribution is 5.84. The fourth-order valence-corrected chi connectivity index (χ4v) is 2.47. The van der Waals surface area contributed by atoms with Gasteiger partial charge in [0.25, 0.3) is 0 Å². The van der Waals surface area contributed by atoms with Gasteiger partial charge in [-0.3, -0.25) is 9.59 Å². The topological polar surface area (TPSA) is 58.6 Å². The molecular formula is C13H22N2O3. The van der Waals surface area contributed by atoms with Gasteiger partial charge in [-0.05, 0) is 25.7 Å². The van der Waals surface area contributed by atoms with Gasteiger partial charge in [0.2, 0.25) is 11.8 Å². The molecule has 2 aliphatic rings. The Morgan fingerprint density at radius 2 is 2.22 bits per heavy atom. The summed E-state index contributed by atoms with van der Waals surface area (Å²) in [6, 6.07) is 0. The second kappa shape index (κ2) is 6.73. The van der Waals surface area contributed by atoms with E-state index >= 15 is 0 Å². The van der Waals surface area contributed by atoms with E-state index in [0.29, 0.717) is 19.5 Å². The molecule has 2 rings (SSSR count). The van der Waals surface area contributed by atoms with Gasteiger partial charge in [0.1, 0.15) is 0 Å². The maximum Gasteiger partial charge on any atom is 0.239 e. The van der Waals surface area contributed by atoms with Crippen LogP contribution in [0.1, 0.15) is 38.5 Å². The molecule has 0 aromatic heterocycles. The molecule has 2 saturated heterocycles. The Morgan fingerprint density at radius 3 is 3.00 bits per heavy atom. The molecule has 0 aliphatic carbocycles. The first-order valence-electron chi connectivity index (χ1n) is 6.92. The molecule has 5 heteroatoms. The van der Waals surface area contributed by atoms with Crippen LogP contribution in [-0.2, 0) is 14.3 Å². The van der Waals surface area contributed by atoms with Crippen LogP contribution in [0, 0.1) is 0 Å². The van der Waals surface area contributed by atoms with Gasteiger partial charge in [-0.2, -0.15) is 0 Å². The van der Waals surface area contributed by atoms with Gasteiger partial charge in [0.15, 0.2) is 0 Å². The summed E-state index contributed by atoms with van der Waals surface area (Å²) in [7, 11) is 0. The summed E-state index contributed by atoms with van der Waals surface area (Å²) in [6.45, 7) is 2.28. The number of ether oxygens (including phenoxy) is 1. The van der Waals surface area contributed by atoms with Gasteiger partial charge in [-0.15, -0.1) is 0 Å². The molecule has 2 fully saturated rings. The summed E-state index contributed by atoms with van der Waals surface area (Å²) >= 11 is 0. The summed E-state index contributed by atoms with van der Waals surface area (Å²) in [5, 5.41) is 2.86. The second-order valence-electron chi connectivity index (χ2n) is 5.07. The number of hydrogen-bond acceptors (Lipinski definition) is 3. The molecule has 2 amide bonds. The molecule has 0 aromatic carbocycles. The zero-order valence-electron chi connectivity index (χ0n) is 10.8. The number of carbonyl (C=O) groups is 2. The van der Waals surface area contributed by atoms with E-state index in [1.165, 1.54) is 0 Å². The molecule has 0 bridgehead atoms. The van der Waals surface area contributed by atoms with Crippen LogP contribution in [0.5, 0.6) is 0 Å². The Kier molecular flexibility index (Phi) is 4.99. The van der Waals surface area contributed by atoms with Gasteiger partial charge in [0, 0.05) is 26.1 Å². The second-order valence-corrected chi connectivity index (χ2v) is 5.07. The smallest absolute Gasteiger partial charge is 0.239 e. The first-order valence-corrected chi connectivity index (χ1v) is 6.92. The van der Waals surface area contributed by atoms with Gasteiger partial charge < -0.3 is 15.0 Å². The first-order chi connectivity index (χ1) is 8.75. The van der Waals surface area contributed by atoms with Crippen molar-refractivity contribution in [2.75, 3.05) is 26.2 Å². The maximum atomic E-state index is 11.8. The van der Waals surface area contributed by atoms with Crippen molar-refractivity contribution in [3.05, 3.63) is 0 Å². The number of likely N-dealkylation sites (tertiary alicyclic amines) is 1. The molecule has 0 aromatic rings. The molecule has 2 heterocycles. The lowest BCUT2D eigenvalue weighted by Crippen LogP contribution is -2.42. The Balaban J connectivity index is 1.70. The van der Waals surface area contributed by atoms with Crippen molar-refractivity contribution < 1.29 is 14.3 Å². The minimum atomic E-state index is -0.0688. The summed E-state index contributed by atoms with van der Waals surface area (Å²) in [5.74, 6) is 0.0421. The number of nitrogens with one attached hydrogen (secondary N) is 1. The molecule has 0 spiro atoms. The van der Waals surface area contributed by atoms with Gasteiger partial charge in [-0.1, -0.05) is 6.42 Å². The SMILES string of the molecule is O=C(CN1CCCCCC1=O)NCC1CCCO1. The molecule has 1 atom stereocenters. The minimum absolute atomic E-state index is 0.0688. The lowest BCUT2D eigenvalue weighted by molar-refractivity contribution is -0.135. The molecule has 18 heavy (non-hydrogen) atoms. The van der Waals surface area contributed by atoms with Crippen LogP contribution in [0.25, 0.3) is 0 Å². The standard InChI is InChI=1S/C13H22N2O3/c16-12(14-9-11-5-4-8-18-11)10-15-7-3-1-2-6-13(15)17/h11H,1-10H2,(H,14,16). The Labute approximate surface area is 108 Å². The van der Waals surface area contributed by atoms with Crippen molar-refractivity contribution in [2.45, 2.75) is 44.6 Å². The highest BCUT2D eigenvalue weighted by Gasteiger charge is 2.20. The first kappa shape index (κ1) is 13.3. The van der Waals surface area contributed by atoms with Crippen LogP contribution in [-0.4, -0.2) is 49.1 Å². The molecule has 1 unspecified atom stereocenters. The van der Waals surface area contributed by atoms with Gasteiger partial charge in [-0.25, -0.2) is 0 Å². The summed E-state index contributed by atoms with van der Waals surface area (Å²) in [6.07, 6.45) is 5.87. The predicted octanol–water partition coefficient (Wildman–Crippen LogP) is 0.684. The van der Waals surface area contributed by atoms with E-state index in [0.717, 1.165) is 38.7 Å². The largest absolute Gasteiger partial charge is 0.376 e. The Hall–Kier alpha value is -1.10. The number of nitrogens with zero attached hydrogens (tertiary/aromatic N) is 1. The van der Waals surface area contributed by atoms with Crippen molar-refractivity contribution in [2.24, 2.45) is 0 Å². The number of rotatable bonds is 4. The molecule has 0 saturated carbocycles. The van der Waals surface area contributed by atoms with Gasteiger partial charge in [0.05, 0.1) is 12.6 Å². The van der Waals surface area contributed by atoms with Crippen molar-refractivity contribution in [1.29, 1.82) is 0 Å². The van der Waals surface area contributed by atoms with E-state index in [1.807, 2.05) is 0 Å². The monoisotopic (exact) mass is 254 g/mol. The van der Waals surface area contributed by atoms with Crippen LogP contribution in [0.15, 0.2) is 0 Å². The van der Waals surface area contributed by atoms with Crippen molar-refractivity contribution in [3.63, 3.8) is 0 Å². The number of hydrogen-bond donors (Lipinski definition) is 1. The van der Waals surface area contributed by atoms with E-state index < -0.39 is 0 Å². The van der Waals surface area contributed by atoms with Crippen LogP contribution < -0.4 is 5.32 Å². The third kappa shape index (κ3) is 3.98. The molecule has 102 valence electrons. The third-order valence-electron chi connectivity index (χ3n) is 3.56. The molecule has 2 aliphatic heterocycles. The molecular weight excluding hydrogens is 232 g/mol. The van der Waals surface area contributed by atoms with E-state index in [-0.39, 0.29) is 24.5 Å². The van der Waals surface area contributed by atoms with Crippen molar-refractivity contribution in [3.8, 4) is 0 Å². The Bertz CT molecular complexity index is 301. The average molecular weight is 254 g/mol. The Morgan fingerprint density at radius 1 is 1.33 bits per heavy atom. The van der Waals surface area contributed by atoms with E-state index in [9.17, 15) is 9.59 Å². The molecule has 1 N–H and O–H groups in total. The van der Waals surface area contributed by atoms with Crippen LogP contribution in [0.3, 0.4) is 0 Å². The van der Waals surface area contributed by atoms with Crippen LogP contribution in [0.4, 0.5) is 0 Å². The summed E-state index contributed by atoms with van der Waals surface area (Å²) < 4.78 is 5.44. The van der Waals surface area contributed by atoms with Crippen molar-refractivity contribution in [1.82, 2.24) is 10.2 Å². The lowest BCUT2D eigenvalue weighted by atomic mass is 10.2. The summed E-state index contributed by atoms with van der Waals surface area (Å²) in [4.78, 5) is 25.2. The van der Waals surface area contributed by atoms with E-state index in [4.69, 9.17) is 4.74 Å². The quantitative estimate of drug-likeness (QED) is 0.803. The van der Waals surface area contributed by atoms with Crippen molar-refractivity contribution >= 4 is 11.8 Å². The number of amides is 2. The lowest BCUT2D eigenvalue weighted by Gasteiger charge is -2.20. The maximum absolute atomic E-state index is 11.8. The normalized spacial score (nSPS) is 25.0. The van der Waals surface area contributed by atoms with Crippen LogP contribution in [0.2, 0.25) is 0 Å². The van der Waals surface area contributed by atoms with E-state index in [2.05, 4.69) is 5.32 Å². The highest BCUT2D eigenvalue weighted by Crippen LogP contribution is 2.12. The molecule has 0 radical (unpaired) electrons.